The maximum Gasteiger partial charge on any atom is 0.345 e. The van der Waals surface area contributed by atoms with Crippen LogP contribution in [0, 0.1) is 23.6 Å². The summed E-state index contributed by atoms with van der Waals surface area (Å²) in [5.41, 5.74) is 3.84. The Labute approximate surface area is 351 Å². The number of rotatable bonds is 21. The lowest BCUT2D eigenvalue weighted by Crippen LogP contribution is -2.62. The number of allylic oxidation sites excluding steroid dienone is 5. The molecule has 6 unspecified atom stereocenters. The molecule has 0 aromatic heterocycles. The smallest absolute Gasteiger partial charge is 0.345 e. The van der Waals surface area contributed by atoms with Crippen molar-refractivity contribution in [2.24, 2.45) is 17.8 Å². The summed E-state index contributed by atoms with van der Waals surface area (Å²) >= 11 is 0. The molecule has 2 saturated heterocycles. The lowest BCUT2D eigenvalue weighted by molar-refractivity contribution is -0.148. The molecular weight excluding hydrogens is 780 g/mol. The normalized spacial score (nSPS) is 18.8. The third-order valence-electron chi connectivity index (χ3n) is 10.4. The molecule has 17 heteroatoms. The van der Waals surface area contributed by atoms with Crippen molar-refractivity contribution in [2.45, 2.75) is 123 Å². The Morgan fingerprint density at radius 3 is 2.35 bits per heavy atom. The predicted molar refractivity (Wildman–Crippen MR) is 221 cm³/mol. The van der Waals surface area contributed by atoms with Crippen LogP contribution in [0.4, 0.5) is 9.18 Å². The first-order valence-electron chi connectivity index (χ1n) is 20.7. The molecule has 2 heterocycles. The number of benzene rings is 1. The summed E-state index contributed by atoms with van der Waals surface area (Å²) in [5, 5.41) is 41.5. The van der Waals surface area contributed by atoms with Gasteiger partial charge in [-0.05, 0) is 94.7 Å². The number of Topliss-reactive ketones (excluding diaryl/α,β-unsaturated/α-hetero) is 1. The number of phenolic OH excluding ortho intramolecular Hbond substituents is 1. The summed E-state index contributed by atoms with van der Waals surface area (Å²) in [5.74, 6) is -6.60. The lowest BCUT2D eigenvalue weighted by atomic mass is 9.85. The number of hydrazine groups is 1. The number of carbonyl (C=O) groups is 6. The molecule has 332 valence electrons. The monoisotopic (exact) mass is 842 g/mol. The maximum atomic E-state index is 14.2. The van der Waals surface area contributed by atoms with Crippen LogP contribution in [0.2, 0.25) is 0 Å². The van der Waals surface area contributed by atoms with Gasteiger partial charge in [-0.25, -0.2) is 19.7 Å². The molecule has 1 aromatic carbocycles. The molecule has 5 amide bonds. The molecule has 2 fully saturated rings. The van der Waals surface area contributed by atoms with Gasteiger partial charge >= 0.3 is 12.0 Å². The molecule has 2 aliphatic rings. The van der Waals surface area contributed by atoms with Crippen molar-refractivity contribution in [1.29, 1.82) is 0 Å². The van der Waals surface area contributed by atoms with E-state index < -0.39 is 77.2 Å². The molecule has 0 saturated carbocycles. The summed E-state index contributed by atoms with van der Waals surface area (Å²) in [4.78, 5) is 82.8. The molecule has 7 N–H and O–H groups in total. The number of hydroxylamine groups is 2. The van der Waals surface area contributed by atoms with Crippen LogP contribution in [0.3, 0.4) is 0 Å². The van der Waals surface area contributed by atoms with E-state index in [4.69, 9.17) is 4.84 Å². The summed E-state index contributed by atoms with van der Waals surface area (Å²) in [6.45, 7) is 9.68. The summed E-state index contributed by atoms with van der Waals surface area (Å²) in [6.07, 6.45) is 12.1. The van der Waals surface area contributed by atoms with Crippen molar-refractivity contribution in [1.82, 2.24) is 31.4 Å². The van der Waals surface area contributed by atoms with Crippen molar-refractivity contribution >= 4 is 35.5 Å². The van der Waals surface area contributed by atoms with E-state index in [2.05, 4.69) is 21.4 Å². The van der Waals surface area contributed by atoms with Crippen LogP contribution in [0.25, 0.3) is 0 Å². The van der Waals surface area contributed by atoms with Gasteiger partial charge in [0.1, 0.15) is 35.5 Å². The van der Waals surface area contributed by atoms with Crippen LogP contribution in [0.5, 0.6) is 5.75 Å². The summed E-state index contributed by atoms with van der Waals surface area (Å²) in [6, 6.07) is -0.670. The van der Waals surface area contributed by atoms with Crippen LogP contribution < -0.4 is 21.4 Å². The Morgan fingerprint density at radius 2 is 1.70 bits per heavy atom. The molecule has 60 heavy (non-hydrogen) atoms. The van der Waals surface area contributed by atoms with Crippen LogP contribution in [0.1, 0.15) is 98.0 Å². The van der Waals surface area contributed by atoms with Gasteiger partial charge in [0.15, 0.2) is 0 Å². The fourth-order valence-corrected chi connectivity index (χ4v) is 6.85. The fraction of sp³-hybridized carbons (Fsp3) is 0.581. The van der Waals surface area contributed by atoms with Crippen LogP contribution in [-0.2, 0) is 35.2 Å². The lowest BCUT2D eigenvalue weighted by Gasteiger charge is -2.35. The third kappa shape index (κ3) is 16.5. The number of aromatic hydroxyl groups is 1. The van der Waals surface area contributed by atoms with Gasteiger partial charge in [-0.2, -0.15) is 0 Å². The van der Waals surface area contributed by atoms with Crippen molar-refractivity contribution in [3.05, 3.63) is 65.7 Å². The van der Waals surface area contributed by atoms with E-state index in [-0.39, 0.29) is 49.6 Å². The number of ketones is 1. The quantitative estimate of drug-likeness (QED) is 0.0869. The number of aliphatic carboxylic acids is 1. The van der Waals surface area contributed by atoms with Gasteiger partial charge in [0, 0.05) is 31.7 Å². The van der Waals surface area contributed by atoms with E-state index >= 15 is 0 Å². The van der Waals surface area contributed by atoms with Crippen molar-refractivity contribution in [3.63, 3.8) is 0 Å². The first-order valence-corrected chi connectivity index (χ1v) is 20.7. The number of nitrogens with zero attached hydrogens (tertiary/aromatic N) is 2. The van der Waals surface area contributed by atoms with Crippen molar-refractivity contribution < 1.29 is 53.3 Å². The van der Waals surface area contributed by atoms with Gasteiger partial charge < -0.3 is 36.1 Å². The number of carboxylic acids is 1. The number of carboxylic acid groups (broad SMARTS) is 1. The molecular formula is C43H63FN6O10. The van der Waals surface area contributed by atoms with E-state index in [0.717, 1.165) is 48.4 Å². The molecule has 2 aliphatic heterocycles. The number of nitrogens with one attached hydrogen (secondary N) is 4. The molecule has 16 nitrogen and oxygen atoms in total. The number of halogens is 1. The number of aliphatic hydroxyl groups is 1. The summed E-state index contributed by atoms with van der Waals surface area (Å²) < 4.78 is 14.2. The highest BCUT2D eigenvalue weighted by atomic mass is 19.1. The zero-order valence-corrected chi connectivity index (χ0v) is 35.3. The minimum absolute atomic E-state index is 0.0137. The molecule has 0 aliphatic carbocycles. The van der Waals surface area contributed by atoms with Gasteiger partial charge in [-0.1, -0.05) is 50.6 Å². The average molecular weight is 843 g/mol. The summed E-state index contributed by atoms with van der Waals surface area (Å²) in [7, 11) is 0. The van der Waals surface area contributed by atoms with E-state index in [1.807, 2.05) is 31.2 Å². The number of hydrogen-bond donors (Lipinski definition) is 7. The Hall–Kier alpha value is -5.13. The Morgan fingerprint density at radius 1 is 0.967 bits per heavy atom. The van der Waals surface area contributed by atoms with Gasteiger partial charge in [0.2, 0.25) is 11.8 Å². The first kappa shape index (κ1) is 49.2. The van der Waals surface area contributed by atoms with Gasteiger partial charge in [-0.3, -0.25) is 29.0 Å². The second kappa shape index (κ2) is 24.8. The molecule has 0 bridgehead atoms. The highest BCUT2D eigenvalue weighted by Crippen LogP contribution is 2.23. The van der Waals surface area contributed by atoms with E-state index in [1.165, 1.54) is 18.1 Å². The average Bonchev–Trinajstić information content (AvgIpc) is 3.20. The van der Waals surface area contributed by atoms with Crippen molar-refractivity contribution in [2.75, 3.05) is 19.7 Å². The molecule has 3 rings (SSSR count). The van der Waals surface area contributed by atoms with Gasteiger partial charge in [0.25, 0.3) is 5.91 Å². The minimum Gasteiger partial charge on any atom is -0.508 e. The topological polar surface area (TPSA) is 227 Å². The number of aliphatic hydroxyl groups excluding tert-OH is 1. The SMILES string of the molecule is CC(=O)CCC(C(=O)NC(C(=O)NC(Cc1cc(O)cc(F)c1)C(=O)N1CCCC(C(=O)O)N1)C(C)C)C(O)C(C)C/C=C/C=C/CC/C(C)=C/NC(=O)N1CCCCO1. The minimum atomic E-state index is -1.36. The number of carbonyl (C=O) groups excluding carboxylic acids is 5. The van der Waals surface area contributed by atoms with E-state index in [0.29, 0.717) is 26.0 Å². The van der Waals surface area contributed by atoms with E-state index in [9.17, 15) is 48.5 Å². The van der Waals surface area contributed by atoms with Crippen LogP contribution in [-0.4, -0.2) is 105 Å². The zero-order valence-electron chi connectivity index (χ0n) is 35.3. The molecule has 0 radical (unpaired) electrons. The van der Waals surface area contributed by atoms with Gasteiger partial charge in [0.05, 0.1) is 25.2 Å². The highest BCUT2D eigenvalue weighted by Gasteiger charge is 2.37. The molecule has 6 atom stereocenters. The fourth-order valence-electron chi connectivity index (χ4n) is 6.85. The van der Waals surface area contributed by atoms with Crippen molar-refractivity contribution in [3.8, 4) is 5.75 Å². The van der Waals surface area contributed by atoms with Crippen LogP contribution in [0.15, 0.2) is 54.3 Å². The number of urea groups is 1. The number of phenols is 1. The van der Waals surface area contributed by atoms with E-state index in [1.54, 1.807) is 27.0 Å². The maximum absolute atomic E-state index is 14.2. The van der Waals surface area contributed by atoms with Gasteiger partial charge in [-0.15, -0.1) is 0 Å². The number of hydrogen-bond acceptors (Lipinski definition) is 10. The second-order valence-electron chi connectivity index (χ2n) is 16.0. The van der Waals surface area contributed by atoms with Crippen LogP contribution >= 0.6 is 0 Å². The predicted octanol–water partition coefficient (Wildman–Crippen LogP) is 4.19. The highest BCUT2D eigenvalue weighted by molar-refractivity contribution is 5.93. The third-order valence-corrected chi connectivity index (χ3v) is 10.4. The zero-order chi connectivity index (χ0) is 44.4. The standard InChI is InChI=1S/C43H63FN6O10/c1-27(2)37(40(55)46-36(24-31-22-32(44)25-33(52)23-31)41(56)49-19-13-16-35(48-49)42(57)58)47-39(54)34(18-17-30(5)51)38(53)29(4)15-10-8-6-7-9-14-28(3)26-45-43(59)50-20-11-12-21-60-50/h6-8,10,22-23,25-27,29,34-38,48,52-53H,9,11-21,24H2,1-5H3,(H,45,59)(H,46,55)(H,47,54)(H,57,58)/b7-6+,10-8+,28-26+. The Kier molecular flexibility index (Phi) is 20.4. The Balaban J connectivity index is 1.65. The number of amides is 5. The second-order valence-corrected chi connectivity index (χ2v) is 16.0. The molecule has 0 spiro atoms. The largest absolute Gasteiger partial charge is 0.508 e. The first-order chi connectivity index (χ1) is 28.5. The Bertz CT molecular complexity index is 1710. The molecule has 1 aromatic rings.